The van der Waals surface area contributed by atoms with Crippen LogP contribution in [0.25, 0.3) is 0 Å². The minimum atomic E-state index is -0.643. The van der Waals surface area contributed by atoms with Crippen LogP contribution in [-0.2, 0) is 17.9 Å². The fourth-order valence-electron chi connectivity index (χ4n) is 4.60. The largest absolute Gasteiger partial charge is 0.481 e. The van der Waals surface area contributed by atoms with Crippen LogP contribution in [0.4, 0.5) is 0 Å². The fraction of sp³-hybridized carbons (Fsp3) is 0.500. The van der Waals surface area contributed by atoms with Gasteiger partial charge in [-0.3, -0.25) is 19.6 Å². The second-order valence-corrected chi connectivity index (χ2v) is 7.60. The maximum atomic E-state index is 12.2. The van der Waals surface area contributed by atoms with Crippen molar-refractivity contribution >= 4 is 5.97 Å². The number of aromatic nitrogens is 1. The monoisotopic (exact) mass is 355 g/mol. The summed E-state index contributed by atoms with van der Waals surface area (Å²) in [4.78, 5) is 21.0. The van der Waals surface area contributed by atoms with E-state index >= 15 is 0 Å². The predicted molar refractivity (Wildman–Crippen MR) is 96.3 cm³/mol. The first-order chi connectivity index (χ1) is 12.7. The molecule has 2 aromatic heterocycles. The Morgan fingerprint density at radius 1 is 1.23 bits per heavy atom. The lowest BCUT2D eigenvalue weighted by molar-refractivity contribution is -0.151. The minimum Gasteiger partial charge on any atom is -0.481 e. The maximum Gasteiger partial charge on any atom is 0.311 e. The number of pyridine rings is 1. The van der Waals surface area contributed by atoms with Gasteiger partial charge in [-0.25, -0.2) is 0 Å². The zero-order chi connectivity index (χ0) is 18.0. The number of hydrogen-bond acceptors (Lipinski definition) is 5. The number of hydrogen-bond donors (Lipinski definition) is 1. The number of furan rings is 1. The summed E-state index contributed by atoms with van der Waals surface area (Å²) in [5.41, 5.74) is 0.591. The number of fused-ring (bicyclic) bond motifs is 1. The summed E-state index contributed by atoms with van der Waals surface area (Å²) in [7, 11) is 0. The van der Waals surface area contributed by atoms with Gasteiger partial charge >= 0.3 is 5.97 Å². The molecule has 6 heteroatoms. The molecule has 2 fully saturated rings. The van der Waals surface area contributed by atoms with E-state index in [2.05, 4.69) is 14.8 Å². The predicted octanol–water partition coefficient (Wildman–Crippen LogP) is 2.47. The molecule has 2 aliphatic heterocycles. The molecule has 0 amide bonds. The normalized spacial score (nSPS) is 27.2. The van der Waals surface area contributed by atoms with Crippen LogP contribution < -0.4 is 0 Å². The first-order valence-corrected chi connectivity index (χ1v) is 9.25. The lowest BCUT2D eigenvalue weighted by Crippen LogP contribution is -2.41. The maximum absolute atomic E-state index is 12.2. The highest BCUT2D eigenvalue weighted by atomic mass is 16.4. The molecule has 0 radical (unpaired) electrons. The summed E-state index contributed by atoms with van der Waals surface area (Å²) in [6.45, 7) is 4.72. The molecule has 2 saturated heterocycles. The third-order valence-corrected chi connectivity index (χ3v) is 5.88. The Morgan fingerprint density at radius 3 is 2.77 bits per heavy atom. The third kappa shape index (κ3) is 3.39. The third-order valence-electron chi connectivity index (χ3n) is 5.88. The molecule has 26 heavy (non-hydrogen) atoms. The molecule has 4 rings (SSSR count). The average molecular weight is 355 g/mol. The summed E-state index contributed by atoms with van der Waals surface area (Å²) in [6.07, 6.45) is 6.97. The Labute approximate surface area is 153 Å². The molecule has 2 aromatic rings. The smallest absolute Gasteiger partial charge is 0.311 e. The van der Waals surface area contributed by atoms with Crippen molar-refractivity contribution in [2.75, 3.05) is 26.2 Å². The molecular formula is C20H25N3O3. The molecule has 2 aliphatic rings. The van der Waals surface area contributed by atoms with E-state index in [1.54, 1.807) is 6.26 Å². The Morgan fingerprint density at radius 2 is 2.04 bits per heavy atom. The van der Waals surface area contributed by atoms with E-state index in [9.17, 15) is 9.90 Å². The van der Waals surface area contributed by atoms with Crippen LogP contribution in [0.1, 0.15) is 24.2 Å². The Bertz CT molecular complexity index is 734. The summed E-state index contributed by atoms with van der Waals surface area (Å²) < 4.78 is 5.46. The van der Waals surface area contributed by atoms with Crippen molar-refractivity contribution < 1.29 is 14.3 Å². The van der Waals surface area contributed by atoms with Crippen molar-refractivity contribution in [3.8, 4) is 0 Å². The second-order valence-electron chi connectivity index (χ2n) is 7.60. The Hall–Kier alpha value is -2.18. The van der Waals surface area contributed by atoms with E-state index < -0.39 is 11.4 Å². The van der Waals surface area contributed by atoms with Gasteiger partial charge in [0.2, 0.25) is 0 Å². The number of likely N-dealkylation sites (tertiary alicyclic amines) is 2. The molecule has 2 atom stereocenters. The van der Waals surface area contributed by atoms with Crippen LogP contribution in [0.3, 0.4) is 0 Å². The van der Waals surface area contributed by atoms with Gasteiger partial charge in [0.15, 0.2) is 0 Å². The molecule has 1 N–H and O–H groups in total. The van der Waals surface area contributed by atoms with Gasteiger partial charge in [-0.05, 0) is 49.2 Å². The van der Waals surface area contributed by atoms with Gasteiger partial charge in [-0.1, -0.05) is 0 Å². The van der Waals surface area contributed by atoms with Crippen molar-refractivity contribution in [1.29, 1.82) is 0 Å². The van der Waals surface area contributed by atoms with Crippen LogP contribution >= 0.6 is 0 Å². The topological polar surface area (TPSA) is 69.8 Å². The SMILES string of the molecule is O=C(O)[C@]12CCCN(Cc3ccncc3)C[C@H]1CN(Cc1ccco1)C2. The van der Waals surface area contributed by atoms with Crippen molar-refractivity contribution in [3.05, 3.63) is 54.2 Å². The summed E-state index contributed by atoms with van der Waals surface area (Å²) >= 11 is 0. The molecule has 4 heterocycles. The van der Waals surface area contributed by atoms with Crippen LogP contribution in [0.2, 0.25) is 0 Å². The zero-order valence-electron chi connectivity index (χ0n) is 14.9. The van der Waals surface area contributed by atoms with Gasteiger partial charge in [-0.2, -0.15) is 0 Å². The fourth-order valence-corrected chi connectivity index (χ4v) is 4.60. The van der Waals surface area contributed by atoms with Crippen molar-refractivity contribution in [3.63, 3.8) is 0 Å². The van der Waals surface area contributed by atoms with Crippen LogP contribution in [0, 0.1) is 11.3 Å². The van der Waals surface area contributed by atoms with E-state index in [4.69, 9.17) is 4.42 Å². The molecule has 0 aromatic carbocycles. The number of carbonyl (C=O) groups is 1. The molecule has 6 nitrogen and oxygen atoms in total. The quantitative estimate of drug-likeness (QED) is 0.889. The average Bonchev–Trinajstić information content (AvgIpc) is 3.21. The number of nitrogens with zero attached hydrogens (tertiary/aromatic N) is 3. The van der Waals surface area contributed by atoms with Gasteiger partial charge in [-0.15, -0.1) is 0 Å². The van der Waals surface area contributed by atoms with Crippen LogP contribution in [-0.4, -0.2) is 52.0 Å². The highest BCUT2D eigenvalue weighted by Crippen LogP contribution is 2.43. The highest BCUT2D eigenvalue weighted by molar-refractivity contribution is 5.76. The number of carboxylic acids is 1. The summed E-state index contributed by atoms with van der Waals surface area (Å²) in [5, 5.41) is 10.1. The molecule has 0 saturated carbocycles. The summed E-state index contributed by atoms with van der Waals surface area (Å²) in [6, 6.07) is 7.91. The summed E-state index contributed by atoms with van der Waals surface area (Å²) in [5.74, 6) is 0.394. The Balaban J connectivity index is 1.50. The minimum absolute atomic E-state index is 0.138. The van der Waals surface area contributed by atoms with Gasteiger partial charge in [0.1, 0.15) is 5.76 Å². The highest BCUT2D eigenvalue weighted by Gasteiger charge is 2.53. The van der Waals surface area contributed by atoms with Gasteiger partial charge < -0.3 is 9.52 Å². The lowest BCUT2D eigenvalue weighted by Gasteiger charge is -2.29. The second kappa shape index (κ2) is 7.21. The Kier molecular flexibility index (Phi) is 4.78. The molecule has 0 spiro atoms. The first kappa shape index (κ1) is 17.2. The first-order valence-electron chi connectivity index (χ1n) is 9.25. The van der Waals surface area contributed by atoms with Crippen LogP contribution in [0.15, 0.2) is 47.3 Å². The van der Waals surface area contributed by atoms with E-state index in [1.165, 1.54) is 5.56 Å². The van der Waals surface area contributed by atoms with Crippen molar-refractivity contribution in [2.45, 2.75) is 25.9 Å². The van der Waals surface area contributed by atoms with Gasteiger partial charge in [0.25, 0.3) is 0 Å². The molecule has 0 aliphatic carbocycles. The van der Waals surface area contributed by atoms with Crippen molar-refractivity contribution in [1.82, 2.24) is 14.8 Å². The number of rotatable bonds is 5. The number of aliphatic carboxylic acids is 1. The van der Waals surface area contributed by atoms with Gasteiger partial charge in [0, 0.05) is 44.5 Å². The standard InChI is InChI=1S/C20H25N3O3/c24-19(25)20-6-2-9-22(11-16-4-7-21-8-5-16)12-17(20)13-23(15-20)14-18-3-1-10-26-18/h1,3-5,7-8,10,17H,2,6,9,11-15H2,(H,24,25)/t17-,20-/m0/s1. The molecular weight excluding hydrogens is 330 g/mol. The van der Waals surface area contributed by atoms with Crippen molar-refractivity contribution in [2.24, 2.45) is 11.3 Å². The molecule has 138 valence electrons. The van der Waals surface area contributed by atoms with Gasteiger partial charge in [0.05, 0.1) is 18.2 Å². The van der Waals surface area contributed by atoms with E-state index in [-0.39, 0.29) is 5.92 Å². The van der Waals surface area contributed by atoms with E-state index in [0.29, 0.717) is 13.1 Å². The zero-order valence-corrected chi connectivity index (χ0v) is 14.9. The molecule has 0 unspecified atom stereocenters. The van der Waals surface area contributed by atoms with Crippen LogP contribution in [0.5, 0.6) is 0 Å². The van der Waals surface area contributed by atoms with E-state index in [0.717, 1.165) is 44.8 Å². The van der Waals surface area contributed by atoms with E-state index in [1.807, 2.05) is 36.7 Å². The lowest BCUT2D eigenvalue weighted by atomic mass is 9.75. The molecule has 0 bridgehead atoms. The number of carboxylic acid groups (broad SMARTS) is 1.